The number of fused-ring (bicyclic) bond motifs is 1. The van der Waals surface area contributed by atoms with Gasteiger partial charge < -0.3 is 4.90 Å². The quantitative estimate of drug-likeness (QED) is 0.0128. The van der Waals surface area contributed by atoms with Crippen LogP contribution in [0.4, 0.5) is 23.4 Å². The number of rotatable bonds is 40. The van der Waals surface area contributed by atoms with Crippen LogP contribution in [0.25, 0.3) is 11.0 Å². The summed E-state index contributed by atoms with van der Waals surface area (Å²) in [5.74, 6) is 0.482. The van der Waals surface area contributed by atoms with E-state index < -0.39 is 17.5 Å². The van der Waals surface area contributed by atoms with Gasteiger partial charge in [0.1, 0.15) is 23.3 Å². The van der Waals surface area contributed by atoms with E-state index in [0.717, 1.165) is 136 Å². The zero-order valence-electron chi connectivity index (χ0n) is 47.9. The smallest absolute Gasteiger partial charge is 0.226 e. The first-order chi connectivity index (χ1) is 38.0. The topological polar surface area (TPSA) is 77.5 Å². The Morgan fingerprint density at radius 3 is 1.97 bits per heavy atom. The molecular formula is C62H94Cl2F4N8P2. The lowest BCUT2D eigenvalue weighted by Crippen LogP contribution is -2.25. The Labute approximate surface area is 480 Å². The van der Waals surface area contributed by atoms with E-state index in [0.29, 0.717) is 13.2 Å². The number of aromatic nitrogens is 7. The molecule has 16 heteroatoms. The number of nitrogens with zero attached hydrogens (tertiary/aromatic N) is 8. The molecule has 0 aliphatic heterocycles. The highest BCUT2D eigenvalue weighted by atomic mass is 35.5. The van der Waals surface area contributed by atoms with Gasteiger partial charge in [-0.05, 0) is 131 Å². The average Bonchev–Trinajstić information content (AvgIpc) is 4.23. The summed E-state index contributed by atoms with van der Waals surface area (Å²) >= 11 is 13.0. The average molecular weight is 1160 g/mol. The fourth-order valence-electron chi connectivity index (χ4n) is 11.3. The van der Waals surface area contributed by atoms with Gasteiger partial charge in [0.2, 0.25) is 5.28 Å². The third-order valence-electron chi connectivity index (χ3n) is 15.8. The Morgan fingerprint density at radius 2 is 1.36 bits per heavy atom. The van der Waals surface area contributed by atoms with Gasteiger partial charge in [-0.25, -0.2) is 17.9 Å². The van der Waals surface area contributed by atoms with Crippen molar-refractivity contribution < 1.29 is 17.6 Å². The molecular weight excluding hydrogens is 1070 g/mol. The van der Waals surface area contributed by atoms with E-state index in [1.54, 1.807) is 0 Å². The van der Waals surface area contributed by atoms with Gasteiger partial charge in [-0.2, -0.15) is 15.1 Å². The highest BCUT2D eigenvalue weighted by Gasteiger charge is 2.31. The number of benzene rings is 2. The van der Waals surface area contributed by atoms with Crippen LogP contribution < -0.4 is 4.90 Å². The number of anilines is 1. The second-order valence-electron chi connectivity index (χ2n) is 22.3. The third-order valence-corrected chi connectivity index (χ3v) is 21.2. The molecule has 0 spiro atoms. The molecule has 2 aromatic carbocycles. The minimum atomic E-state index is -0.888. The zero-order chi connectivity index (χ0) is 55.9. The van der Waals surface area contributed by atoms with E-state index in [9.17, 15) is 17.6 Å². The SMILES string of the molecule is C=C(CCCCCCCCCCCCCCn1cc(CCCCCCCCCCCCCN(Cc2ccc(Cl)cc2)c2nc(Cl)nc3c2cnn3C2CCC(CC(C)P(C)CPC)C2)nn1)Cc1c(F)cc(F)cc1F.CF. The molecule has 5 atom stereocenters. The molecule has 5 aromatic rings. The van der Waals surface area contributed by atoms with E-state index in [1.165, 1.54) is 146 Å². The molecule has 0 amide bonds. The van der Waals surface area contributed by atoms with Gasteiger partial charge >= 0.3 is 0 Å². The molecule has 1 fully saturated rings. The number of alkyl halides is 1. The van der Waals surface area contributed by atoms with Crippen molar-refractivity contribution in [2.45, 2.75) is 224 Å². The Hall–Kier alpha value is -3.17. The normalized spacial score (nSPS) is 15.4. The number of hydrogen-bond donors (Lipinski definition) is 0. The minimum absolute atomic E-state index is 0.0845. The molecule has 1 saturated carbocycles. The molecule has 6 rings (SSSR count). The first kappa shape index (κ1) is 65.6. The molecule has 0 bridgehead atoms. The molecule has 3 aromatic heterocycles. The van der Waals surface area contributed by atoms with E-state index in [4.69, 9.17) is 38.3 Å². The molecule has 3 heterocycles. The van der Waals surface area contributed by atoms with Gasteiger partial charge in [-0.15, -0.1) is 21.6 Å². The summed E-state index contributed by atoms with van der Waals surface area (Å²) in [6, 6.07) is 9.99. The summed E-state index contributed by atoms with van der Waals surface area (Å²) in [6.45, 7) is 13.9. The number of unbranched alkanes of at least 4 members (excludes halogenated alkanes) is 21. The minimum Gasteiger partial charge on any atom is -0.352 e. The van der Waals surface area contributed by atoms with Gasteiger partial charge in [-0.3, -0.25) is 9.07 Å². The van der Waals surface area contributed by atoms with Crippen molar-refractivity contribution in [2.24, 2.45) is 5.92 Å². The van der Waals surface area contributed by atoms with E-state index in [-0.39, 0.29) is 25.2 Å². The Balaban J connectivity index is 0.00000554. The lowest BCUT2D eigenvalue weighted by Gasteiger charge is -2.25. The molecule has 0 radical (unpaired) electrons. The second kappa shape index (κ2) is 37.8. The van der Waals surface area contributed by atoms with Crippen LogP contribution in [0.15, 0.2) is 60.9 Å². The van der Waals surface area contributed by atoms with Crippen molar-refractivity contribution in [1.82, 2.24) is 34.7 Å². The fourth-order valence-corrected chi connectivity index (χ4v) is 15.5. The van der Waals surface area contributed by atoms with E-state index in [2.05, 4.69) is 65.1 Å². The number of hydrogen-bond acceptors (Lipinski definition) is 6. The number of aryl methyl sites for hydroxylation is 2. The summed E-state index contributed by atoms with van der Waals surface area (Å²) in [5, 5.41) is 15.9. The van der Waals surface area contributed by atoms with Crippen molar-refractivity contribution in [3.8, 4) is 0 Å². The van der Waals surface area contributed by atoms with Crippen molar-refractivity contribution in [3.05, 3.63) is 106 Å². The molecule has 1 aliphatic rings. The van der Waals surface area contributed by atoms with Crippen LogP contribution in [0.3, 0.4) is 0 Å². The molecule has 5 unspecified atom stereocenters. The van der Waals surface area contributed by atoms with Crippen molar-refractivity contribution >= 4 is 56.6 Å². The predicted molar refractivity (Wildman–Crippen MR) is 326 cm³/mol. The fraction of sp³-hybridized carbons (Fsp3) is 0.661. The Kier molecular flexibility index (Phi) is 31.8. The second-order valence-corrected chi connectivity index (χ2v) is 27.4. The van der Waals surface area contributed by atoms with Crippen LogP contribution in [0.1, 0.15) is 210 Å². The summed E-state index contributed by atoms with van der Waals surface area (Å²) in [6.07, 6.45) is 39.3. The van der Waals surface area contributed by atoms with Gasteiger partial charge in [0.25, 0.3) is 0 Å². The van der Waals surface area contributed by atoms with Crippen molar-refractivity contribution in [1.29, 1.82) is 0 Å². The summed E-state index contributed by atoms with van der Waals surface area (Å²) < 4.78 is 54.7. The molecule has 1 aliphatic carbocycles. The van der Waals surface area contributed by atoms with Crippen LogP contribution >= 0.6 is 39.7 Å². The molecule has 434 valence electrons. The van der Waals surface area contributed by atoms with Gasteiger partial charge in [0, 0.05) is 48.5 Å². The van der Waals surface area contributed by atoms with E-state index in [1.807, 2.05) is 23.0 Å². The molecule has 78 heavy (non-hydrogen) atoms. The van der Waals surface area contributed by atoms with Gasteiger partial charge in [-0.1, -0.05) is 170 Å². The van der Waals surface area contributed by atoms with Gasteiger partial charge in [0.15, 0.2) is 5.65 Å². The highest BCUT2D eigenvalue weighted by Crippen LogP contribution is 2.48. The van der Waals surface area contributed by atoms with Crippen LogP contribution in [0, 0.1) is 23.4 Å². The molecule has 8 nitrogen and oxygen atoms in total. The maximum atomic E-state index is 13.9. The summed E-state index contributed by atoms with van der Waals surface area (Å²) in [5.41, 5.74) is 4.72. The summed E-state index contributed by atoms with van der Waals surface area (Å²) in [4.78, 5) is 12.0. The first-order valence-corrected chi connectivity index (χ1v) is 34.3. The number of allylic oxidation sites excluding steroid dienone is 1. The lowest BCUT2D eigenvalue weighted by molar-refractivity contribution is 0.435. The van der Waals surface area contributed by atoms with Crippen LogP contribution in [0.5, 0.6) is 0 Å². The summed E-state index contributed by atoms with van der Waals surface area (Å²) in [7, 11) is 1.67. The highest BCUT2D eigenvalue weighted by molar-refractivity contribution is 7.67. The largest absolute Gasteiger partial charge is 0.352 e. The van der Waals surface area contributed by atoms with Gasteiger partial charge in [0.05, 0.1) is 30.5 Å². The molecule has 0 saturated heterocycles. The van der Waals surface area contributed by atoms with Crippen LogP contribution in [-0.4, -0.2) is 73.4 Å². The lowest BCUT2D eigenvalue weighted by atomic mass is 9.99. The third kappa shape index (κ3) is 23.7. The zero-order valence-corrected chi connectivity index (χ0v) is 51.3. The monoisotopic (exact) mass is 1160 g/mol. The Bertz CT molecular complexity index is 2420. The number of halogens is 6. The standard InChI is InChI=1S/C61H91Cl2F3N8P2.CH3F/c1-47(38-55-57(65)41-52(64)42-58(55)66)28-24-20-16-12-8-5-6-11-15-19-23-27-37-73-45-53(70-71-73)29-25-21-17-13-9-7-10-14-18-22-26-36-72(44-49-30-33-51(62)34-31-49)59-56-43-67-74(60(56)69-61(63)68-59)54-35-32-50(40-54)39-48(2)76(4)46-75-3;1-2/h30-31,33-34,41-43,45,48,50,54,75H,1,5-29,32,35-40,44,46H2,2-4H3;1H3. The van der Waals surface area contributed by atoms with Crippen LogP contribution in [0.2, 0.25) is 10.3 Å². The first-order valence-electron chi connectivity index (χ1n) is 29.8. The van der Waals surface area contributed by atoms with Crippen LogP contribution in [-0.2, 0) is 25.9 Å². The maximum absolute atomic E-state index is 13.9. The van der Waals surface area contributed by atoms with Crippen molar-refractivity contribution in [3.63, 3.8) is 0 Å². The Morgan fingerprint density at radius 1 is 0.782 bits per heavy atom. The predicted octanol–water partition coefficient (Wildman–Crippen LogP) is 19.6. The van der Waals surface area contributed by atoms with Crippen molar-refractivity contribution in [2.75, 3.05) is 37.9 Å². The molecule has 0 N–H and O–H groups in total. The van der Waals surface area contributed by atoms with E-state index >= 15 is 0 Å². The maximum Gasteiger partial charge on any atom is 0.226 e.